The second-order valence-electron chi connectivity index (χ2n) is 5.92. The number of amides is 2. The molecule has 21 heavy (non-hydrogen) atoms. The number of nitrogens with one attached hydrogen (secondary N) is 1. The lowest BCUT2D eigenvalue weighted by Crippen LogP contribution is -2.29. The number of nitrogens with zero attached hydrogens (tertiary/aromatic N) is 1. The zero-order valence-electron chi connectivity index (χ0n) is 12.4. The number of benzene rings is 1. The van der Waals surface area contributed by atoms with E-state index in [0.717, 1.165) is 23.1 Å². The van der Waals surface area contributed by atoms with Crippen LogP contribution in [0.1, 0.15) is 26.7 Å². The zero-order valence-corrected chi connectivity index (χ0v) is 14.0. The number of halogens is 1. The minimum atomic E-state index is -0.242. The summed E-state index contributed by atoms with van der Waals surface area (Å²) < 4.78 is 0.969. The van der Waals surface area contributed by atoms with Crippen LogP contribution in [0.2, 0.25) is 0 Å². The SMILES string of the molecule is CC(C)CCN1CC(C(=O)Nc2ccc(Br)cc2)CC1=O. The molecule has 0 aliphatic carbocycles. The second kappa shape index (κ2) is 7.07. The molecule has 1 heterocycles. The first-order chi connectivity index (χ1) is 9.95. The summed E-state index contributed by atoms with van der Waals surface area (Å²) in [7, 11) is 0. The number of hydrogen-bond donors (Lipinski definition) is 1. The Kier molecular flexibility index (Phi) is 5.39. The number of carbonyl (C=O) groups is 2. The maximum Gasteiger partial charge on any atom is 0.229 e. The molecule has 1 aromatic carbocycles. The maximum atomic E-state index is 12.2. The van der Waals surface area contributed by atoms with Crippen LogP contribution in [0.4, 0.5) is 5.69 Å². The highest BCUT2D eigenvalue weighted by atomic mass is 79.9. The Morgan fingerprint density at radius 2 is 2.05 bits per heavy atom. The van der Waals surface area contributed by atoms with Crippen LogP contribution < -0.4 is 5.32 Å². The molecule has 0 spiro atoms. The molecule has 1 aliphatic heterocycles. The third-order valence-electron chi connectivity index (χ3n) is 3.67. The molecule has 1 aromatic rings. The summed E-state index contributed by atoms with van der Waals surface area (Å²) >= 11 is 3.36. The smallest absolute Gasteiger partial charge is 0.229 e. The van der Waals surface area contributed by atoms with Crippen LogP contribution in [0.15, 0.2) is 28.7 Å². The van der Waals surface area contributed by atoms with Crippen molar-refractivity contribution in [2.24, 2.45) is 11.8 Å². The van der Waals surface area contributed by atoms with Gasteiger partial charge in [0.2, 0.25) is 11.8 Å². The van der Waals surface area contributed by atoms with E-state index >= 15 is 0 Å². The highest BCUT2D eigenvalue weighted by Gasteiger charge is 2.33. The van der Waals surface area contributed by atoms with Gasteiger partial charge in [-0.3, -0.25) is 9.59 Å². The van der Waals surface area contributed by atoms with Crippen LogP contribution in [-0.4, -0.2) is 29.8 Å². The molecule has 1 fully saturated rings. The number of carbonyl (C=O) groups excluding carboxylic acids is 2. The number of rotatable bonds is 5. The molecule has 1 aliphatic rings. The first kappa shape index (κ1) is 16.0. The Morgan fingerprint density at radius 3 is 2.67 bits per heavy atom. The third kappa shape index (κ3) is 4.56. The molecule has 114 valence electrons. The average molecular weight is 353 g/mol. The van der Waals surface area contributed by atoms with Crippen molar-refractivity contribution >= 4 is 33.4 Å². The molecule has 4 nitrogen and oxygen atoms in total. The summed E-state index contributed by atoms with van der Waals surface area (Å²) in [6.45, 7) is 5.56. The standard InChI is InChI=1S/C16H21BrN2O2/c1-11(2)7-8-19-10-12(9-15(19)20)16(21)18-14-5-3-13(17)4-6-14/h3-6,11-12H,7-10H2,1-2H3,(H,18,21). The second-order valence-corrected chi connectivity index (χ2v) is 6.84. The minimum absolute atomic E-state index is 0.0716. The Bertz CT molecular complexity index is 514. The van der Waals surface area contributed by atoms with Crippen molar-refractivity contribution < 1.29 is 9.59 Å². The number of likely N-dealkylation sites (tertiary alicyclic amines) is 1. The molecule has 0 radical (unpaired) electrons. The van der Waals surface area contributed by atoms with Crippen molar-refractivity contribution in [3.05, 3.63) is 28.7 Å². The van der Waals surface area contributed by atoms with Gasteiger partial charge in [0.1, 0.15) is 0 Å². The van der Waals surface area contributed by atoms with Crippen LogP contribution in [0, 0.1) is 11.8 Å². The van der Waals surface area contributed by atoms with E-state index in [2.05, 4.69) is 35.1 Å². The maximum absolute atomic E-state index is 12.2. The van der Waals surface area contributed by atoms with Crippen LogP contribution >= 0.6 is 15.9 Å². The molecule has 2 rings (SSSR count). The molecular formula is C16H21BrN2O2. The molecule has 5 heteroatoms. The van der Waals surface area contributed by atoms with Gasteiger partial charge in [-0.2, -0.15) is 0 Å². The van der Waals surface area contributed by atoms with Gasteiger partial charge in [0.05, 0.1) is 5.92 Å². The monoisotopic (exact) mass is 352 g/mol. The summed E-state index contributed by atoms with van der Waals surface area (Å²) in [5.41, 5.74) is 0.760. The lowest BCUT2D eigenvalue weighted by atomic mass is 10.1. The normalized spacial score (nSPS) is 18.4. The summed E-state index contributed by atoms with van der Waals surface area (Å²) in [6, 6.07) is 7.44. The number of hydrogen-bond acceptors (Lipinski definition) is 2. The molecule has 1 atom stereocenters. The summed E-state index contributed by atoms with van der Waals surface area (Å²) in [5.74, 6) is 0.339. The molecule has 1 N–H and O–H groups in total. The van der Waals surface area contributed by atoms with Crippen LogP contribution in [0.5, 0.6) is 0 Å². The molecule has 2 amide bonds. The zero-order chi connectivity index (χ0) is 15.4. The largest absolute Gasteiger partial charge is 0.342 e. The van der Waals surface area contributed by atoms with Crippen molar-refractivity contribution in [1.29, 1.82) is 0 Å². The Hall–Kier alpha value is -1.36. The van der Waals surface area contributed by atoms with Gasteiger partial charge in [0, 0.05) is 29.7 Å². The average Bonchev–Trinajstić information content (AvgIpc) is 2.80. The van der Waals surface area contributed by atoms with Gasteiger partial charge < -0.3 is 10.2 Å². The quantitative estimate of drug-likeness (QED) is 0.883. The lowest BCUT2D eigenvalue weighted by Gasteiger charge is -2.17. The first-order valence-electron chi connectivity index (χ1n) is 7.30. The number of anilines is 1. The first-order valence-corrected chi connectivity index (χ1v) is 8.09. The van der Waals surface area contributed by atoms with Gasteiger partial charge in [0.25, 0.3) is 0 Å². The summed E-state index contributed by atoms with van der Waals surface area (Å²) in [5, 5.41) is 2.88. The highest BCUT2D eigenvalue weighted by Crippen LogP contribution is 2.21. The van der Waals surface area contributed by atoms with Crippen molar-refractivity contribution in [1.82, 2.24) is 4.90 Å². The Labute approximate surface area is 134 Å². The van der Waals surface area contributed by atoms with Crippen molar-refractivity contribution in [3.8, 4) is 0 Å². The van der Waals surface area contributed by atoms with E-state index < -0.39 is 0 Å². The van der Waals surface area contributed by atoms with Crippen molar-refractivity contribution in [2.75, 3.05) is 18.4 Å². The molecule has 0 aromatic heterocycles. The van der Waals surface area contributed by atoms with E-state index in [1.165, 1.54) is 0 Å². The minimum Gasteiger partial charge on any atom is -0.342 e. The predicted molar refractivity (Wildman–Crippen MR) is 86.9 cm³/mol. The topological polar surface area (TPSA) is 49.4 Å². The molecule has 1 unspecified atom stereocenters. The van der Waals surface area contributed by atoms with Gasteiger partial charge in [-0.25, -0.2) is 0 Å². The Balaban J connectivity index is 1.89. The van der Waals surface area contributed by atoms with E-state index in [-0.39, 0.29) is 17.7 Å². The molecule has 0 bridgehead atoms. The highest BCUT2D eigenvalue weighted by molar-refractivity contribution is 9.10. The van der Waals surface area contributed by atoms with E-state index in [1.807, 2.05) is 29.2 Å². The van der Waals surface area contributed by atoms with Gasteiger partial charge in [-0.15, -0.1) is 0 Å². The fourth-order valence-corrected chi connectivity index (χ4v) is 2.62. The Morgan fingerprint density at radius 1 is 1.38 bits per heavy atom. The van der Waals surface area contributed by atoms with Gasteiger partial charge in [-0.1, -0.05) is 29.8 Å². The van der Waals surface area contributed by atoms with E-state index in [4.69, 9.17) is 0 Å². The predicted octanol–water partition coefficient (Wildman–Crippen LogP) is 3.28. The molecule has 0 saturated carbocycles. The van der Waals surface area contributed by atoms with Gasteiger partial charge >= 0.3 is 0 Å². The van der Waals surface area contributed by atoms with Gasteiger partial charge in [-0.05, 0) is 36.6 Å². The summed E-state index contributed by atoms with van der Waals surface area (Å²) in [4.78, 5) is 26.0. The summed E-state index contributed by atoms with van der Waals surface area (Å²) in [6.07, 6.45) is 1.30. The van der Waals surface area contributed by atoms with Crippen molar-refractivity contribution in [3.63, 3.8) is 0 Å². The fraction of sp³-hybridized carbons (Fsp3) is 0.500. The van der Waals surface area contributed by atoms with Crippen LogP contribution in [-0.2, 0) is 9.59 Å². The lowest BCUT2D eigenvalue weighted by molar-refractivity contribution is -0.128. The molecular weight excluding hydrogens is 332 g/mol. The van der Waals surface area contributed by atoms with Crippen LogP contribution in [0.3, 0.4) is 0 Å². The fourth-order valence-electron chi connectivity index (χ4n) is 2.36. The molecule has 1 saturated heterocycles. The van der Waals surface area contributed by atoms with E-state index in [0.29, 0.717) is 18.9 Å². The third-order valence-corrected chi connectivity index (χ3v) is 4.20. The van der Waals surface area contributed by atoms with Gasteiger partial charge in [0.15, 0.2) is 0 Å². The van der Waals surface area contributed by atoms with Crippen molar-refractivity contribution in [2.45, 2.75) is 26.7 Å². The van der Waals surface area contributed by atoms with Crippen LogP contribution in [0.25, 0.3) is 0 Å². The van der Waals surface area contributed by atoms with E-state index in [9.17, 15) is 9.59 Å². The van der Waals surface area contributed by atoms with E-state index in [1.54, 1.807) is 0 Å².